The van der Waals surface area contributed by atoms with Gasteiger partial charge in [0, 0.05) is 36.1 Å². The van der Waals surface area contributed by atoms with Crippen LogP contribution in [-0.2, 0) is 9.59 Å². The van der Waals surface area contributed by atoms with Crippen molar-refractivity contribution in [1.29, 1.82) is 0 Å². The van der Waals surface area contributed by atoms with Crippen molar-refractivity contribution in [2.45, 2.75) is 26.8 Å². The van der Waals surface area contributed by atoms with Gasteiger partial charge in [0.05, 0.1) is 11.6 Å². The van der Waals surface area contributed by atoms with Gasteiger partial charge in [0.15, 0.2) is 11.6 Å². The van der Waals surface area contributed by atoms with Gasteiger partial charge in [0.25, 0.3) is 11.7 Å². The second-order valence-electron chi connectivity index (χ2n) is 8.40. The van der Waals surface area contributed by atoms with Crippen molar-refractivity contribution in [3.8, 4) is 0 Å². The molecular formula is C28H26F2N2O3. The smallest absolute Gasteiger partial charge is 0.300 e. The summed E-state index contributed by atoms with van der Waals surface area (Å²) in [5.41, 5.74) is 2.77. The Morgan fingerprint density at radius 2 is 1.54 bits per heavy atom. The molecule has 3 aromatic rings. The third-order valence-electron chi connectivity index (χ3n) is 6.29. The number of hydrogen-bond donors (Lipinski definition) is 1. The maximum absolute atomic E-state index is 14.1. The predicted molar refractivity (Wildman–Crippen MR) is 132 cm³/mol. The predicted octanol–water partition coefficient (Wildman–Crippen LogP) is 5.75. The average Bonchev–Trinajstić information content (AvgIpc) is 3.12. The highest BCUT2D eigenvalue weighted by Crippen LogP contribution is 2.42. The van der Waals surface area contributed by atoms with Crippen LogP contribution in [0.4, 0.5) is 20.2 Å². The molecule has 0 radical (unpaired) electrons. The molecule has 0 aromatic heterocycles. The number of aliphatic hydroxyl groups excluding tert-OH is 1. The van der Waals surface area contributed by atoms with E-state index in [1.165, 1.54) is 6.07 Å². The number of hydrogen-bond acceptors (Lipinski definition) is 4. The SMILES string of the molecule is CCN(CC)c1ccc(C2/C(=C(\O)c3ccc(C)cc3)C(=O)C(=O)N2c2ccc(F)c(F)c2)cc1. The highest BCUT2D eigenvalue weighted by Gasteiger charge is 2.47. The van der Waals surface area contributed by atoms with E-state index in [4.69, 9.17) is 0 Å². The van der Waals surface area contributed by atoms with Gasteiger partial charge in [-0.15, -0.1) is 0 Å². The fourth-order valence-electron chi connectivity index (χ4n) is 4.37. The zero-order valence-corrected chi connectivity index (χ0v) is 19.8. The summed E-state index contributed by atoms with van der Waals surface area (Å²) in [5, 5.41) is 11.2. The first-order valence-electron chi connectivity index (χ1n) is 11.4. The van der Waals surface area contributed by atoms with Crippen molar-refractivity contribution in [3.63, 3.8) is 0 Å². The molecule has 1 amide bonds. The third-order valence-corrected chi connectivity index (χ3v) is 6.29. The number of halogens is 2. The van der Waals surface area contributed by atoms with Crippen molar-refractivity contribution in [3.05, 3.63) is 101 Å². The van der Waals surface area contributed by atoms with E-state index in [-0.39, 0.29) is 17.0 Å². The fraction of sp³-hybridized carbons (Fsp3) is 0.214. The summed E-state index contributed by atoms with van der Waals surface area (Å²) in [7, 11) is 0. The molecule has 0 spiro atoms. The molecule has 1 atom stereocenters. The van der Waals surface area contributed by atoms with E-state index >= 15 is 0 Å². The quantitative estimate of drug-likeness (QED) is 0.280. The molecule has 0 bridgehead atoms. The van der Waals surface area contributed by atoms with Gasteiger partial charge in [-0.1, -0.05) is 42.0 Å². The number of ketones is 1. The van der Waals surface area contributed by atoms with E-state index in [2.05, 4.69) is 4.90 Å². The Hall–Kier alpha value is -4.00. The van der Waals surface area contributed by atoms with Gasteiger partial charge in [-0.2, -0.15) is 0 Å². The van der Waals surface area contributed by atoms with E-state index < -0.39 is 29.4 Å². The molecular weight excluding hydrogens is 450 g/mol. The van der Waals surface area contributed by atoms with Crippen LogP contribution in [0.5, 0.6) is 0 Å². The van der Waals surface area contributed by atoms with Crippen LogP contribution < -0.4 is 9.80 Å². The molecule has 35 heavy (non-hydrogen) atoms. The molecule has 1 aliphatic rings. The van der Waals surface area contributed by atoms with Crippen LogP contribution in [0.25, 0.3) is 5.76 Å². The third kappa shape index (κ3) is 4.41. The molecule has 5 nitrogen and oxygen atoms in total. The van der Waals surface area contributed by atoms with Crippen LogP contribution in [-0.4, -0.2) is 29.9 Å². The summed E-state index contributed by atoms with van der Waals surface area (Å²) in [4.78, 5) is 29.6. The summed E-state index contributed by atoms with van der Waals surface area (Å²) < 4.78 is 27.7. The van der Waals surface area contributed by atoms with Gasteiger partial charge in [-0.25, -0.2) is 8.78 Å². The standard InChI is InChI=1S/C28H26F2N2O3/c1-4-31(5-2)20-12-10-18(11-13-20)25-24(26(33)19-8-6-17(3)7-9-19)27(34)28(35)32(25)21-14-15-22(29)23(30)16-21/h6-16,25,33H,4-5H2,1-3H3/b26-24+. The van der Waals surface area contributed by atoms with Crippen molar-refractivity contribution < 1.29 is 23.5 Å². The number of amides is 1. The Bertz CT molecular complexity index is 1300. The Labute approximate surface area is 202 Å². The lowest BCUT2D eigenvalue weighted by atomic mass is 9.94. The Morgan fingerprint density at radius 3 is 2.11 bits per heavy atom. The molecule has 4 rings (SSSR count). The summed E-state index contributed by atoms with van der Waals surface area (Å²) in [5.74, 6) is -4.36. The molecule has 1 fully saturated rings. The number of nitrogens with zero attached hydrogens (tertiary/aromatic N) is 2. The molecule has 0 saturated carbocycles. The number of carbonyl (C=O) groups is 2. The minimum absolute atomic E-state index is 0.0202. The van der Waals surface area contributed by atoms with Crippen LogP contribution in [0, 0.1) is 18.6 Å². The molecule has 1 aliphatic heterocycles. The lowest BCUT2D eigenvalue weighted by Crippen LogP contribution is -2.29. The molecule has 1 heterocycles. The zero-order valence-electron chi connectivity index (χ0n) is 19.8. The van der Waals surface area contributed by atoms with Gasteiger partial charge >= 0.3 is 0 Å². The lowest BCUT2D eigenvalue weighted by Gasteiger charge is -2.27. The normalized spacial score (nSPS) is 17.2. The number of rotatable bonds is 6. The largest absolute Gasteiger partial charge is 0.507 e. The van der Waals surface area contributed by atoms with Gasteiger partial charge in [-0.05, 0) is 50.6 Å². The Kier molecular flexibility index (Phi) is 6.69. The molecule has 3 aromatic carbocycles. The second kappa shape index (κ2) is 9.70. The first-order valence-corrected chi connectivity index (χ1v) is 11.4. The number of aryl methyl sites for hydroxylation is 1. The van der Waals surface area contributed by atoms with Crippen molar-refractivity contribution in [2.24, 2.45) is 0 Å². The van der Waals surface area contributed by atoms with Gasteiger partial charge in [0.1, 0.15) is 5.76 Å². The van der Waals surface area contributed by atoms with Crippen molar-refractivity contribution in [1.82, 2.24) is 0 Å². The molecule has 180 valence electrons. The highest BCUT2D eigenvalue weighted by atomic mass is 19.2. The average molecular weight is 477 g/mol. The second-order valence-corrected chi connectivity index (χ2v) is 8.40. The monoisotopic (exact) mass is 476 g/mol. The number of benzene rings is 3. The molecule has 1 N–H and O–H groups in total. The van der Waals surface area contributed by atoms with Crippen LogP contribution >= 0.6 is 0 Å². The van der Waals surface area contributed by atoms with Gasteiger partial charge < -0.3 is 10.0 Å². The molecule has 0 aliphatic carbocycles. The van der Waals surface area contributed by atoms with Crippen LogP contribution in [0.1, 0.15) is 36.6 Å². The summed E-state index contributed by atoms with van der Waals surface area (Å²) in [6.45, 7) is 7.57. The van der Waals surface area contributed by atoms with Crippen molar-refractivity contribution >= 4 is 28.8 Å². The molecule has 7 heteroatoms. The van der Waals surface area contributed by atoms with E-state index in [0.29, 0.717) is 11.1 Å². The maximum atomic E-state index is 14.1. The molecule has 1 unspecified atom stereocenters. The summed E-state index contributed by atoms with van der Waals surface area (Å²) >= 11 is 0. The number of aliphatic hydroxyl groups is 1. The zero-order chi connectivity index (χ0) is 25.3. The van der Waals surface area contributed by atoms with Crippen LogP contribution in [0.2, 0.25) is 0 Å². The van der Waals surface area contributed by atoms with E-state index in [9.17, 15) is 23.5 Å². The van der Waals surface area contributed by atoms with E-state index in [1.807, 2.05) is 32.9 Å². The van der Waals surface area contributed by atoms with Crippen molar-refractivity contribution in [2.75, 3.05) is 22.9 Å². The van der Waals surface area contributed by atoms with E-state index in [1.54, 1.807) is 36.4 Å². The first kappa shape index (κ1) is 24.1. The fourth-order valence-corrected chi connectivity index (χ4v) is 4.37. The number of Topliss-reactive ketones (excluding diaryl/α,β-unsaturated/α-hetero) is 1. The first-order chi connectivity index (χ1) is 16.8. The topological polar surface area (TPSA) is 60.9 Å². The maximum Gasteiger partial charge on any atom is 0.300 e. The van der Waals surface area contributed by atoms with Crippen LogP contribution in [0.3, 0.4) is 0 Å². The minimum Gasteiger partial charge on any atom is -0.507 e. The number of carbonyl (C=O) groups excluding carboxylic acids is 2. The highest BCUT2D eigenvalue weighted by molar-refractivity contribution is 6.51. The molecule has 1 saturated heterocycles. The lowest BCUT2D eigenvalue weighted by molar-refractivity contribution is -0.132. The van der Waals surface area contributed by atoms with E-state index in [0.717, 1.165) is 41.4 Å². The summed E-state index contributed by atoms with van der Waals surface area (Å²) in [6, 6.07) is 16.2. The van der Waals surface area contributed by atoms with Crippen LogP contribution in [0.15, 0.2) is 72.3 Å². The summed E-state index contributed by atoms with van der Waals surface area (Å²) in [6.07, 6.45) is 0. The Morgan fingerprint density at radius 1 is 0.914 bits per heavy atom. The van der Waals surface area contributed by atoms with Gasteiger partial charge in [-0.3, -0.25) is 14.5 Å². The minimum atomic E-state index is -1.14. The Balaban J connectivity index is 1.90. The van der Waals surface area contributed by atoms with Gasteiger partial charge in [0.2, 0.25) is 0 Å². The number of anilines is 2.